The van der Waals surface area contributed by atoms with Crippen LogP contribution in [0.3, 0.4) is 0 Å². The highest BCUT2D eigenvalue weighted by Gasteiger charge is 2.19. The lowest BCUT2D eigenvalue weighted by Gasteiger charge is -2.08. The summed E-state index contributed by atoms with van der Waals surface area (Å²) in [6, 6.07) is 9.56. The molecule has 0 saturated carbocycles. The monoisotopic (exact) mass is 310 g/mol. The summed E-state index contributed by atoms with van der Waals surface area (Å²) in [4.78, 5) is 26.3. The van der Waals surface area contributed by atoms with Gasteiger partial charge in [0, 0.05) is 23.9 Å². The van der Waals surface area contributed by atoms with Crippen molar-refractivity contribution in [2.75, 3.05) is 0 Å². The van der Waals surface area contributed by atoms with Gasteiger partial charge in [-0.05, 0) is 6.92 Å². The lowest BCUT2D eigenvalue weighted by atomic mass is 10.1. The Balaban J connectivity index is 1.60. The fourth-order valence-corrected chi connectivity index (χ4v) is 2.05. The van der Waals surface area contributed by atoms with Crippen LogP contribution in [0.5, 0.6) is 0 Å². The number of rotatable bonds is 4. The molecule has 1 aliphatic heterocycles. The van der Waals surface area contributed by atoms with E-state index in [-0.39, 0.29) is 12.5 Å². The van der Waals surface area contributed by atoms with E-state index in [2.05, 4.69) is 10.1 Å². The molecule has 2 heterocycles. The van der Waals surface area contributed by atoms with Crippen LogP contribution in [0.2, 0.25) is 0 Å². The number of aryl methyl sites for hydroxylation is 1. The van der Waals surface area contributed by atoms with Crippen molar-refractivity contribution in [3.63, 3.8) is 0 Å². The predicted octanol–water partition coefficient (Wildman–Crippen LogP) is 2.48. The van der Waals surface area contributed by atoms with Gasteiger partial charge in [-0.15, -0.1) is 0 Å². The molecule has 1 unspecified atom stereocenters. The van der Waals surface area contributed by atoms with Gasteiger partial charge in [-0.3, -0.25) is 9.59 Å². The van der Waals surface area contributed by atoms with Crippen LogP contribution in [0.15, 0.2) is 52.0 Å². The lowest BCUT2D eigenvalue weighted by molar-refractivity contribution is -0.146. The minimum Gasteiger partial charge on any atom is -0.458 e. The number of amides is 1. The zero-order valence-corrected chi connectivity index (χ0v) is 12.4. The Morgan fingerprint density at radius 2 is 2.09 bits per heavy atom. The number of benzene rings is 1. The number of carbonyl (C=O) groups is 2. The number of dihydropyridines is 1. The van der Waals surface area contributed by atoms with Crippen molar-refractivity contribution < 1.29 is 18.8 Å². The number of carbonyl (C=O) groups excluding carboxylic acids is 2. The molecule has 6 heteroatoms. The van der Waals surface area contributed by atoms with Crippen LogP contribution in [-0.2, 0) is 20.9 Å². The minimum absolute atomic E-state index is 0.000319. The van der Waals surface area contributed by atoms with Gasteiger partial charge in [0.05, 0.1) is 0 Å². The molecule has 0 fully saturated rings. The second-order valence-electron chi connectivity index (χ2n) is 5.16. The Kier molecular flexibility index (Phi) is 4.14. The molecule has 116 valence electrons. The zero-order chi connectivity index (χ0) is 16.2. The Morgan fingerprint density at radius 1 is 1.30 bits per heavy atom. The summed E-state index contributed by atoms with van der Waals surface area (Å²) >= 11 is 0. The van der Waals surface area contributed by atoms with Gasteiger partial charge >= 0.3 is 5.97 Å². The van der Waals surface area contributed by atoms with E-state index in [0.29, 0.717) is 11.5 Å². The Bertz CT molecular complexity index is 771. The van der Waals surface area contributed by atoms with Gasteiger partial charge in [0.15, 0.2) is 5.76 Å². The molecule has 0 N–H and O–H groups in total. The zero-order valence-electron chi connectivity index (χ0n) is 12.4. The summed E-state index contributed by atoms with van der Waals surface area (Å²) in [5, 5.41) is 3.89. The quantitative estimate of drug-likeness (QED) is 0.810. The number of esters is 1. The molecule has 1 amide bonds. The van der Waals surface area contributed by atoms with E-state index in [9.17, 15) is 9.59 Å². The van der Waals surface area contributed by atoms with Crippen LogP contribution in [0, 0.1) is 12.8 Å². The molecule has 2 aromatic rings. The smallest absolute Gasteiger partial charge is 0.318 e. The van der Waals surface area contributed by atoms with Crippen LogP contribution in [0.1, 0.15) is 11.3 Å². The van der Waals surface area contributed by atoms with Crippen molar-refractivity contribution in [1.29, 1.82) is 0 Å². The highest BCUT2D eigenvalue weighted by molar-refractivity contribution is 6.03. The van der Waals surface area contributed by atoms with E-state index in [1.165, 1.54) is 18.4 Å². The molecule has 0 radical (unpaired) electrons. The first-order valence-electron chi connectivity index (χ1n) is 7.07. The molecular formula is C17H14N2O4. The van der Waals surface area contributed by atoms with Gasteiger partial charge in [-0.2, -0.15) is 0 Å². The summed E-state index contributed by atoms with van der Waals surface area (Å²) in [5.41, 5.74) is 2.58. The van der Waals surface area contributed by atoms with Gasteiger partial charge < -0.3 is 9.26 Å². The van der Waals surface area contributed by atoms with Crippen LogP contribution >= 0.6 is 0 Å². The fraction of sp³-hybridized carbons (Fsp3) is 0.176. The topological polar surface area (TPSA) is 81.8 Å². The second-order valence-corrected chi connectivity index (χ2v) is 5.16. The number of aliphatic imine (C=N–C) groups is 1. The molecular weight excluding hydrogens is 296 g/mol. The Morgan fingerprint density at radius 3 is 2.78 bits per heavy atom. The molecule has 6 nitrogen and oxygen atoms in total. The summed E-state index contributed by atoms with van der Waals surface area (Å²) in [6.07, 6.45) is 3.97. The van der Waals surface area contributed by atoms with E-state index < -0.39 is 11.9 Å². The predicted molar refractivity (Wildman–Crippen MR) is 82.6 cm³/mol. The minimum atomic E-state index is -0.642. The maximum atomic E-state index is 11.9. The molecule has 1 atom stereocenters. The first kappa shape index (κ1) is 14.9. The summed E-state index contributed by atoms with van der Waals surface area (Å²) in [7, 11) is 0. The largest absolute Gasteiger partial charge is 0.458 e. The van der Waals surface area contributed by atoms with Crippen molar-refractivity contribution in [2.24, 2.45) is 10.9 Å². The number of ether oxygens (including phenoxy) is 1. The van der Waals surface area contributed by atoms with Gasteiger partial charge in [0.1, 0.15) is 18.2 Å². The second kappa shape index (κ2) is 6.39. The van der Waals surface area contributed by atoms with E-state index in [4.69, 9.17) is 9.26 Å². The van der Waals surface area contributed by atoms with Crippen LogP contribution in [0.4, 0.5) is 0 Å². The number of aromatic nitrogens is 1. The summed E-state index contributed by atoms with van der Waals surface area (Å²) < 4.78 is 10.4. The Labute approximate surface area is 132 Å². The van der Waals surface area contributed by atoms with Gasteiger partial charge in [0.2, 0.25) is 0 Å². The average molecular weight is 310 g/mol. The van der Waals surface area contributed by atoms with Crippen molar-refractivity contribution >= 4 is 18.1 Å². The van der Waals surface area contributed by atoms with E-state index in [0.717, 1.165) is 11.1 Å². The molecule has 3 rings (SSSR count). The van der Waals surface area contributed by atoms with Crippen molar-refractivity contribution in [1.82, 2.24) is 5.16 Å². The average Bonchev–Trinajstić information content (AvgIpc) is 3.03. The van der Waals surface area contributed by atoms with Crippen molar-refractivity contribution in [3.05, 3.63) is 53.7 Å². The third-order valence-electron chi connectivity index (χ3n) is 3.34. The lowest BCUT2D eigenvalue weighted by Crippen LogP contribution is -2.19. The summed E-state index contributed by atoms with van der Waals surface area (Å²) in [5.74, 6) is -0.900. The molecule has 0 saturated heterocycles. The van der Waals surface area contributed by atoms with Gasteiger partial charge in [0.25, 0.3) is 5.91 Å². The number of hydrogen-bond donors (Lipinski definition) is 0. The molecule has 1 aromatic carbocycles. The third kappa shape index (κ3) is 3.60. The van der Waals surface area contributed by atoms with Gasteiger partial charge in [-0.25, -0.2) is 4.99 Å². The normalized spacial score (nSPS) is 16.6. The molecule has 23 heavy (non-hydrogen) atoms. The standard InChI is InChI=1S/C17H14N2O4/c1-11-2-4-12(5-3-11)15-8-14(19-23-15)10-22-17(21)13-6-7-16(20)18-9-13/h2-9,13H,10H2,1H3. The van der Waals surface area contributed by atoms with E-state index in [1.54, 1.807) is 6.07 Å². The van der Waals surface area contributed by atoms with Crippen molar-refractivity contribution in [3.8, 4) is 11.3 Å². The van der Waals surface area contributed by atoms with Crippen LogP contribution in [-0.4, -0.2) is 23.2 Å². The molecule has 0 spiro atoms. The highest BCUT2D eigenvalue weighted by Crippen LogP contribution is 2.21. The van der Waals surface area contributed by atoms with E-state index >= 15 is 0 Å². The maximum absolute atomic E-state index is 11.9. The first-order valence-corrected chi connectivity index (χ1v) is 7.07. The van der Waals surface area contributed by atoms with Crippen molar-refractivity contribution in [2.45, 2.75) is 13.5 Å². The molecule has 0 bridgehead atoms. The molecule has 1 aliphatic rings. The van der Waals surface area contributed by atoms with E-state index in [1.807, 2.05) is 31.2 Å². The third-order valence-corrected chi connectivity index (χ3v) is 3.34. The molecule has 0 aliphatic carbocycles. The van der Waals surface area contributed by atoms with Crippen LogP contribution in [0.25, 0.3) is 11.3 Å². The highest BCUT2D eigenvalue weighted by atomic mass is 16.5. The number of nitrogens with zero attached hydrogens (tertiary/aromatic N) is 2. The maximum Gasteiger partial charge on any atom is 0.318 e. The first-order chi connectivity index (χ1) is 11.1. The van der Waals surface area contributed by atoms with Gasteiger partial charge in [-0.1, -0.05) is 41.1 Å². The molecule has 1 aromatic heterocycles. The number of hydrogen-bond acceptors (Lipinski definition) is 5. The summed E-state index contributed by atoms with van der Waals surface area (Å²) in [6.45, 7) is 2.01. The Hall–Kier alpha value is -3.02. The van der Waals surface area contributed by atoms with Crippen LogP contribution < -0.4 is 0 Å². The SMILES string of the molecule is Cc1ccc(-c2cc(COC(=O)C3C=CC(=O)N=C3)no2)cc1. The fourth-order valence-electron chi connectivity index (χ4n) is 2.05.